The third-order valence-electron chi connectivity index (χ3n) is 3.90. The van der Waals surface area contributed by atoms with Crippen molar-refractivity contribution in [2.75, 3.05) is 7.11 Å². The van der Waals surface area contributed by atoms with Crippen LogP contribution in [-0.4, -0.2) is 23.0 Å². The van der Waals surface area contributed by atoms with E-state index in [1.54, 1.807) is 49.8 Å². The van der Waals surface area contributed by atoms with E-state index >= 15 is 0 Å². The van der Waals surface area contributed by atoms with Crippen LogP contribution in [0.3, 0.4) is 0 Å². The van der Waals surface area contributed by atoms with E-state index in [9.17, 15) is 9.59 Å². The van der Waals surface area contributed by atoms with Crippen LogP contribution in [0.1, 0.15) is 28.9 Å². The summed E-state index contributed by atoms with van der Waals surface area (Å²) in [6.45, 7) is 1.86. The van der Waals surface area contributed by atoms with Gasteiger partial charge in [-0.3, -0.25) is 14.6 Å². The summed E-state index contributed by atoms with van der Waals surface area (Å²) >= 11 is 0. The fraction of sp³-hybridized carbons (Fsp3) is 0.167. The van der Waals surface area contributed by atoms with Crippen LogP contribution < -0.4 is 15.6 Å². The molecule has 2 heterocycles. The molecule has 0 aliphatic heterocycles. The van der Waals surface area contributed by atoms with Crippen molar-refractivity contribution in [3.8, 4) is 5.75 Å². The largest absolute Gasteiger partial charge is 0.495 e. The lowest BCUT2D eigenvalue weighted by molar-refractivity contribution is 0.0941. The Kier molecular flexibility index (Phi) is 4.29. The maximum Gasteiger partial charge on any atom is 0.255 e. The van der Waals surface area contributed by atoms with Gasteiger partial charge in [-0.15, -0.1) is 0 Å². The van der Waals surface area contributed by atoms with Crippen molar-refractivity contribution in [2.24, 2.45) is 0 Å². The lowest BCUT2D eigenvalue weighted by Gasteiger charge is -2.17. The molecule has 0 radical (unpaired) electrons. The minimum atomic E-state index is -0.277. The molecule has 1 atom stereocenters. The summed E-state index contributed by atoms with van der Waals surface area (Å²) in [7, 11) is 1.56. The van der Waals surface area contributed by atoms with Gasteiger partial charge in [0.25, 0.3) is 11.5 Å². The minimum absolute atomic E-state index is 0.217. The van der Waals surface area contributed by atoms with Crippen molar-refractivity contribution in [3.63, 3.8) is 0 Å². The second-order valence-electron chi connectivity index (χ2n) is 5.39. The van der Waals surface area contributed by atoms with Crippen molar-refractivity contribution in [2.45, 2.75) is 13.0 Å². The van der Waals surface area contributed by atoms with Gasteiger partial charge >= 0.3 is 0 Å². The number of carbonyl (C=O) groups excluding carboxylic acids is 1. The molecular weight excluding hydrogens is 306 g/mol. The van der Waals surface area contributed by atoms with Crippen molar-refractivity contribution in [3.05, 3.63) is 70.4 Å². The zero-order valence-electron chi connectivity index (χ0n) is 13.4. The van der Waals surface area contributed by atoms with E-state index in [4.69, 9.17) is 4.74 Å². The summed E-state index contributed by atoms with van der Waals surface area (Å²) < 4.78 is 5.28. The molecule has 1 aromatic carbocycles. The number of fused-ring (bicyclic) bond motifs is 1. The third-order valence-corrected chi connectivity index (χ3v) is 3.90. The average molecular weight is 323 g/mol. The molecule has 24 heavy (non-hydrogen) atoms. The summed E-state index contributed by atoms with van der Waals surface area (Å²) in [5, 5.41) is 4.03. The molecule has 6 nitrogen and oxygen atoms in total. The normalized spacial score (nSPS) is 11.9. The first-order chi connectivity index (χ1) is 11.6. The van der Waals surface area contributed by atoms with Gasteiger partial charge in [0.2, 0.25) is 0 Å². The molecule has 3 rings (SSSR count). The lowest BCUT2D eigenvalue weighted by Crippen LogP contribution is -2.28. The van der Waals surface area contributed by atoms with Gasteiger partial charge in [-0.05, 0) is 19.1 Å². The molecule has 2 aromatic heterocycles. The summed E-state index contributed by atoms with van der Waals surface area (Å²) in [5.74, 6) is 0.338. The number of methoxy groups -OCH3 is 1. The van der Waals surface area contributed by atoms with Gasteiger partial charge < -0.3 is 15.0 Å². The summed E-state index contributed by atoms with van der Waals surface area (Å²) in [4.78, 5) is 31.2. The van der Waals surface area contributed by atoms with Gasteiger partial charge in [-0.2, -0.15) is 0 Å². The first-order valence-electron chi connectivity index (χ1n) is 7.51. The van der Waals surface area contributed by atoms with Crippen LogP contribution in [0.5, 0.6) is 5.75 Å². The number of aromatic amines is 1. The van der Waals surface area contributed by atoms with Crippen molar-refractivity contribution < 1.29 is 9.53 Å². The van der Waals surface area contributed by atoms with Crippen LogP contribution in [0.15, 0.2) is 53.7 Å². The van der Waals surface area contributed by atoms with Gasteiger partial charge in [0.05, 0.1) is 24.9 Å². The van der Waals surface area contributed by atoms with Crippen LogP contribution in [0.2, 0.25) is 0 Å². The molecule has 0 bridgehead atoms. The van der Waals surface area contributed by atoms with E-state index < -0.39 is 0 Å². The SMILES string of the molecule is COc1cnccc1C(C)NC(=O)c1c[nH]c(=O)c2ccccc12. The van der Waals surface area contributed by atoms with Gasteiger partial charge in [0, 0.05) is 28.7 Å². The Bertz CT molecular complexity index is 949. The summed E-state index contributed by atoms with van der Waals surface area (Å²) in [6, 6.07) is 8.55. The number of hydrogen-bond donors (Lipinski definition) is 2. The zero-order valence-corrected chi connectivity index (χ0v) is 13.4. The van der Waals surface area contributed by atoms with Gasteiger partial charge in [0.15, 0.2) is 0 Å². The second-order valence-corrected chi connectivity index (χ2v) is 5.39. The maximum atomic E-state index is 12.7. The molecule has 0 saturated carbocycles. The smallest absolute Gasteiger partial charge is 0.255 e. The number of nitrogens with one attached hydrogen (secondary N) is 2. The van der Waals surface area contributed by atoms with Crippen molar-refractivity contribution in [1.29, 1.82) is 0 Å². The maximum absolute atomic E-state index is 12.7. The van der Waals surface area contributed by atoms with E-state index in [-0.39, 0.29) is 17.5 Å². The number of amides is 1. The van der Waals surface area contributed by atoms with E-state index in [0.717, 1.165) is 5.56 Å². The Morgan fingerprint density at radius 1 is 1.25 bits per heavy atom. The minimum Gasteiger partial charge on any atom is -0.495 e. The fourth-order valence-electron chi connectivity index (χ4n) is 2.67. The number of nitrogens with zero attached hydrogens (tertiary/aromatic N) is 1. The summed E-state index contributed by atoms with van der Waals surface area (Å²) in [5.41, 5.74) is 1.03. The molecule has 0 spiro atoms. The molecule has 0 aliphatic carbocycles. The fourth-order valence-corrected chi connectivity index (χ4v) is 2.67. The standard InChI is InChI=1S/C18H17N3O3/c1-11(12-7-8-19-10-16(12)24-2)21-18(23)15-9-20-17(22)14-6-4-3-5-13(14)15/h3-11H,1-2H3,(H,20,22)(H,21,23). The van der Waals surface area contributed by atoms with Gasteiger partial charge in [-0.25, -0.2) is 0 Å². The zero-order chi connectivity index (χ0) is 17.1. The van der Waals surface area contributed by atoms with Gasteiger partial charge in [-0.1, -0.05) is 18.2 Å². The number of benzene rings is 1. The number of carbonyl (C=O) groups is 1. The molecule has 3 aromatic rings. The topological polar surface area (TPSA) is 84.1 Å². The second kappa shape index (κ2) is 6.54. The molecule has 0 fully saturated rings. The van der Waals surface area contributed by atoms with Crippen LogP contribution in [0, 0.1) is 0 Å². The molecule has 2 N–H and O–H groups in total. The molecule has 1 unspecified atom stereocenters. The molecule has 0 aliphatic rings. The number of ether oxygens (including phenoxy) is 1. The Morgan fingerprint density at radius 2 is 2.00 bits per heavy atom. The van der Waals surface area contributed by atoms with Crippen LogP contribution in [0.4, 0.5) is 0 Å². The van der Waals surface area contributed by atoms with E-state index in [2.05, 4.69) is 15.3 Å². The van der Waals surface area contributed by atoms with E-state index in [1.807, 2.05) is 6.92 Å². The first-order valence-corrected chi connectivity index (χ1v) is 7.51. The number of aromatic nitrogens is 2. The number of hydrogen-bond acceptors (Lipinski definition) is 4. The molecule has 0 saturated heterocycles. The lowest BCUT2D eigenvalue weighted by atomic mass is 10.1. The van der Waals surface area contributed by atoms with Gasteiger partial charge in [0.1, 0.15) is 5.75 Å². The summed E-state index contributed by atoms with van der Waals surface area (Å²) in [6.07, 6.45) is 4.69. The first kappa shape index (κ1) is 15.7. The third kappa shape index (κ3) is 2.86. The monoisotopic (exact) mass is 323 g/mol. The number of pyridine rings is 2. The Labute approximate surface area is 138 Å². The van der Waals surface area contributed by atoms with Crippen molar-refractivity contribution in [1.82, 2.24) is 15.3 Å². The quantitative estimate of drug-likeness (QED) is 0.772. The van der Waals surface area contributed by atoms with Crippen LogP contribution in [-0.2, 0) is 0 Å². The highest BCUT2D eigenvalue weighted by atomic mass is 16.5. The number of H-pyrrole nitrogens is 1. The van der Waals surface area contributed by atoms with Crippen LogP contribution in [0.25, 0.3) is 10.8 Å². The van der Waals surface area contributed by atoms with E-state index in [1.165, 1.54) is 6.20 Å². The number of rotatable bonds is 4. The average Bonchev–Trinajstić information content (AvgIpc) is 2.62. The Hall–Kier alpha value is -3.15. The highest BCUT2D eigenvalue weighted by molar-refractivity contribution is 6.06. The molecular formula is C18H17N3O3. The van der Waals surface area contributed by atoms with Crippen LogP contribution >= 0.6 is 0 Å². The Morgan fingerprint density at radius 3 is 2.75 bits per heavy atom. The van der Waals surface area contributed by atoms with E-state index in [0.29, 0.717) is 22.1 Å². The molecule has 6 heteroatoms. The molecule has 1 amide bonds. The van der Waals surface area contributed by atoms with Crippen molar-refractivity contribution >= 4 is 16.7 Å². The predicted molar refractivity (Wildman–Crippen MR) is 91.2 cm³/mol. The highest BCUT2D eigenvalue weighted by Crippen LogP contribution is 2.24. The Balaban J connectivity index is 1.93. The molecule has 122 valence electrons. The highest BCUT2D eigenvalue weighted by Gasteiger charge is 2.17. The predicted octanol–water partition coefficient (Wildman–Crippen LogP) is 2.42.